The molecule has 4 nitrogen and oxygen atoms in total. The van der Waals surface area contributed by atoms with Crippen LogP contribution < -0.4 is 10.1 Å². The number of Topliss-reactive ketones (excluding diaryl/α,β-unsaturated/α-hetero) is 1. The Balaban J connectivity index is 2.03. The van der Waals surface area contributed by atoms with Crippen molar-refractivity contribution in [3.63, 3.8) is 0 Å². The molecular weight excluding hydrogens is 338 g/mol. The smallest absolute Gasteiger partial charge is 0.224 e. The quantitative estimate of drug-likeness (QED) is 0.748. The fraction of sp³-hybridized carbons (Fsp3) is 0.300. The fourth-order valence-electron chi connectivity index (χ4n) is 2.68. The van der Waals surface area contributed by atoms with Crippen molar-refractivity contribution in [3.05, 3.63) is 57.6 Å². The van der Waals surface area contributed by atoms with Crippen LogP contribution in [0.4, 0.5) is 5.69 Å². The minimum absolute atomic E-state index is 0.0829. The molecule has 0 atom stereocenters. The summed E-state index contributed by atoms with van der Waals surface area (Å²) in [5.41, 5.74) is 3.99. The topological polar surface area (TPSA) is 55.4 Å². The maximum absolute atomic E-state index is 12.4. The summed E-state index contributed by atoms with van der Waals surface area (Å²) in [6.45, 7) is 5.74. The maximum atomic E-state index is 12.4. The molecule has 0 spiro atoms. The van der Waals surface area contributed by atoms with Crippen molar-refractivity contribution in [1.82, 2.24) is 0 Å². The Morgan fingerprint density at radius 3 is 2.40 bits per heavy atom. The van der Waals surface area contributed by atoms with E-state index in [9.17, 15) is 9.59 Å². The number of hydrogen-bond donors (Lipinski definition) is 1. The highest BCUT2D eigenvalue weighted by Crippen LogP contribution is 2.28. The number of ether oxygens (including phenoxy) is 1. The zero-order valence-corrected chi connectivity index (χ0v) is 15.7. The van der Waals surface area contributed by atoms with Gasteiger partial charge in [-0.25, -0.2) is 0 Å². The summed E-state index contributed by atoms with van der Waals surface area (Å²) in [5, 5.41) is 3.30. The van der Waals surface area contributed by atoms with Crippen molar-refractivity contribution in [2.24, 2.45) is 0 Å². The van der Waals surface area contributed by atoms with Crippen LogP contribution in [0.1, 0.15) is 39.9 Å². The van der Waals surface area contributed by atoms with Crippen LogP contribution in [-0.2, 0) is 4.79 Å². The largest absolute Gasteiger partial charge is 0.496 e. The van der Waals surface area contributed by atoms with Gasteiger partial charge < -0.3 is 10.1 Å². The summed E-state index contributed by atoms with van der Waals surface area (Å²) in [4.78, 5) is 24.6. The predicted molar refractivity (Wildman–Crippen MR) is 101 cm³/mol. The van der Waals surface area contributed by atoms with Gasteiger partial charge in [0.05, 0.1) is 23.4 Å². The fourth-order valence-corrected chi connectivity index (χ4v) is 3.05. The molecule has 0 saturated carbocycles. The number of amides is 1. The molecule has 2 aromatic rings. The van der Waals surface area contributed by atoms with Crippen molar-refractivity contribution in [3.8, 4) is 5.75 Å². The Morgan fingerprint density at radius 2 is 1.76 bits per heavy atom. The summed E-state index contributed by atoms with van der Waals surface area (Å²) < 4.78 is 5.23. The van der Waals surface area contributed by atoms with Gasteiger partial charge in [-0.2, -0.15) is 0 Å². The minimum atomic E-state index is -0.242. The van der Waals surface area contributed by atoms with E-state index in [0.717, 1.165) is 16.7 Å². The Labute approximate surface area is 153 Å². The van der Waals surface area contributed by atoms with E-state index in [0.29, 0.717) is 22.0 Å². The molecule has 0 aromatic heterocycles. The maximum Gasteiger partial charge on any atom is 0.224 e. The van der Waals surface area contributed by atoms with Gasteiger partial charge in [0, 0.05) is 12.8 Å². The normalized spacial score (nSPS) is 10.4. The van der Waals surface area contributed by atoms with Gasteiger partial charge in [0.2, 0.25) is 5.91 Å². The van der Waals surface area contributed by atoms with Crippen LogP contribution in [-0.4, -0.2) is 18.8 Å². The average Bonchev–Trinajstić information content (AvgIpc) is 2.55. The second-order valence-electron chi connectivity index (χ2n) is 6.11. The van der Waals surface area contributed by atoms with Gasteiger partial charge in [0.25, 0.3) is 0 Å². The molecule has 132 valence electrons. The number of nitrogens with one attached hydrogen (secondary N) is 1. The standard InChI is InChI=1S/C20H22ClNO3/c1-12-5-7-18(25-4)15(10-12)17(23)6-8-19(24)22-20-14(3)9-13(2)11-16(20)21/h5,7,9-11H,6,8H2,1-4H3,(H,22,24). The van der Waals surface area contributed by atoms with Crippen LogP contribution in [0.2, 0.25) is 5.02 Å². The Kier molecular flexibility index (Phi) is 6.21. The van der Waals surface area contributed by atoms with Crippen LogP contribution in [0.5, 0.6) is 5.75 Å². The molecule has 0 bridgehead atoms. The molecule has 0 aliphatic carbocycles. The van der Waals surface area contributed by atoms with Crippen LogP contribution in [0.15, 0.2) is 30.3 Å². The summed E-state index contributed by atoms with van der Waals surface area (Å²) in [7, 11) is 1.52. The highest BCUT2D eigenvalue weighted by molar-refractivity contribution is 6.34. The number of rotatable bonds is 6. The molecule has 2 rings (SSSR count). The molecule has 25 heavy (non-hydrogen) atoms. The first kappa shape index (κ1) is 19.0. The molecule has 1 N–H and O–H groups in total. The molecule has 0 radical (unpaired) electrons. The number of carbonyl (C=O) groups is 2. The van der Waals surface area contributed by atoms with Gasteiger partial charge in [0.15, 0.2) is 5.78 Å². The Bertz CT molecular complexity index is 792. The molecule has 5 heteroatoms. The summed E-state index contributed by atoms with van der Waals surface area (Å²) in [6.07, 6.45) is 0.188. The first-order valence-corrected chi connectivity index (χ1v) is 8.44. The zero-order chi connectivity index (χ0) is 18.6. The van der Waals surface area contributed by atoms with E-state index < -0.39 is 0 Å². The third-order valence-corrected chi connectivity index (χ3v) is 4.23. The predicted octanol–water partition coefficient (Wildman–Crippen LogP) is 4.88. The molecule has 0 heterocycles. The van der Waals surface area contributed by atoms with Gasteiger partial charge in [0.1, 0.15) is 5.75 Å². The number of benzene rings is 2. The number of hydrogen-bond acceptors (Lipinski definition) is 3. The lowest BCUT2D eigenvalue weighted by atomic mass is 10.0. The lowest BCUT2D eigenvalue weighted by molar-refractivity contribution is -0.116. The first-order valence-electron chi connectivity index (χ1n) is 8.06. The van der Waals surface area contributed by atoms with E-state index in [1.807, 2.05) is 32.9 Å². The van der Waals surface area contributed by atoms with Gasteiger partial charge >= 0.3 is 0 Å². The Hall–Kier alpha value is -2.33. The van der Waals surface area contributed by atoms with Crippen LogP contribution in [0.3, 0.4) is 0 Å². The molecule has 0 fully saturated rings. The number of aryl methyl sites for hydroxylation is 3. The number of methoxy groups -OCH3 is 1. The first-order chi connectivity index (χ1) is 11.8. The minimum Gasteiger partial charge on any atom is -0.496 e. The van der Waals surface area contributed by atoms with E-state index in [1.54, 1.807) is 18.2 Å². The number of ketones is 1. The van der Waals surface area contributed by atoms with Gasteiger partial charge in [-0.1, -0.05) is 29.3 Å². The molecule has 0 saturated heterocycles. The molecule has 2 aromatic carbocycles. The third kappa shape index (κ3) is 4.83. The van der Waals surface area contributed by atoms with Gasteiger partial charge in [-0.15, -0.1) is 0 Å². The van der Waals surface area contributed by atoms with E-state index >= 15 is 0 Å². The lowest BCUT2D eigenvalue weighted by Crippen LogP contribution is -2.15. The lowest BCUT2D eigenvalue weighted by Gasteiger charge is -2.12. The third-order valence-electron chi connectivity index (χ3n) is 3.93. The highest BCUT2D eigenvalue weighted by Gasteiger charge is 2.15. The number of anilines is 1. The average molecular weight is 360 g/mol. The van der Waals surface area contributed by atoms with Crippen molar-refractivity contribution in [1.29, 1.82) is 0 Å². The van der Waals surface area contributed by atoms with E-state index in [-0.39, 0.29) is 24.5 Å². The Morgan fingerprint density at radius 1 is 1.04 bits per heavy atom. The van der Waals surface area contributed by atoms with E-state index in [1.165, 1.54) is 7.11 Å². The second kappa shape index (κ2) is 8.17. The van der Waals surface area contributed by atoms with Crippen LogP contribution in [0, 0.1) is 20.8 Å². The molecule has 0 aliphatic rings. The molecular formula is C20H22ClNO3. The van der Waals surface area contributed by atoms with E-state index in [2.05, 4.69) is 5.32 Å². The van der Waals surface area contributed by atoms with Crippen molar-refractivity contribution in [2.45, 2.75) is 33.6 Å². The monoisotopic (exact) mass is 359 g/mol. The van der Waals surface area contributed by atoms with E-state index in [4.69, 9.17) is 16.3 Å². The molecule has 0 aliphatic heterocycles. The highest BCUT2D eigenvalue weighted by atomic mass is 35.5. The van der Waals surface area contributed by atoms with Gasteiger partial charge in [-0.05, 0) is 50.1 Å². The summed E-state index contributed by atoms with van der Waals surface area (Å²) in [5.74, 6) is 0.157. The number of halogens is 1. The summed E-state index contributed by atoms with van der Waals surface area (Å²) in [6, 6.07) is 9.17. The summed E-state index contributed by atoms with van der Waals surface area (Å²) >= 11 is 6.20. The molecule has 1 amide bonds. The van der Waals surface area contributed by atoms with Gasteiger partial charge in [-0.3, -0.25) is 9.59 Å². The van der Waals surface area contributed by atoms with Crippen LogP contribution >= 0.6 is 11.6 Å². The SMILES string of the molecule is COc1ccc(C)cc1C(=O)CCC(=O)Nc1c(C)cc(C)cc1Cl. The molecule has 0 unspecified atom stereocenters. The van der Waals surface area contributed by atoms with Crippen LogP contribution in [0.25, 0.3) is 0 Å². The zero-order valence-electron chi connectivity index (χ0n) is 14.9. The van der Waals surface area contributed by atoms with Crippen molar-refractivity contribution >= 4 is 29.0 Å². The number of carbonyl (C=O) groups excluding carboxylic acids is 2. The van der Waals surface area contributed by atoms with Crippen molar-refractivity contribution < 1.29 is 14.3 Å². The second-order valence-corrected chi connectivity index (χ2v) is 6.52. The van der Waals surface area contributed by atoms with Crippen molar-refractivity contribution in [2.75, 3.05) is 12.4 Å².